The maximum atomic E-state index is 13.1. The zero-order valence-corrected chi connectivity index (χ0v) is 21.6. The standard InChI is InChI=1S/C27H28N2O7S/c1-33-24-10-9-17-14-23-20-15-25(34-2)22(28-27(30)35-3)13-18(20)11-12-29(23)16-21(17)26(24)36-37(31,32)19-7-5-4-6-8-19/h4-10,13,15,23H,11-12,14,16H2,1-3H3,(H,28,30). The Bertz CT molecular complexity index is 1440. The lowest BCUT2D eigenvalue weighted by Crippen LogP contribution is -2.39. The highest BCUT2D eigenvalue weighted by Crippen LogP contribution is 2.46. The maximum Gasteiger partial charge on any atom is 0.411 e. The Hall–Kier alpha value is -3.76. The van der Waals surface area contributed by atoms with Crippen LogP contribution in [0.1, 0.15) is 28.3 Å². The minimum atomic E-state index is -4.04. The Balaban J connectivity index is 1.51. The van der Waals surface area contributed by atoms with Gasteiger partial charge in [0.2, 0.25) is 0 Å². The van der Waals surface area contributed by atoms with Gasteiger partial charge in [0.05, 0.1) is 27.0 Å². The fourth-order valence-electron chi connectivity index (χ4n) is 5.06. The molecule has 5 rings (SSSR count). The molecule has 0 saturated carbocycles. The Morgan fingerprint density at radius 2 is 1.73 bits per heavy atom. The summed E-state index contributed by atoms with van der Waals surface area (Å²) >= 11 is 0. The third-order valence-corrected chi connectivity index (χ3v) is 8.13. The van der Waals surface area contributed by atoms with Crippen LogP contribution in [0.5, 0.6) is 17.2 Å². The second kappa shape index (κ2) is 9.95. The number of anilines is 1. The predicted octanol–water partition coefficient (Wildman–Crippen LogP) is 4.31. The van der Waals surface area contributed by atoms with Crippen molar-refractivity contribution in [3.05, 3.63) is 76.9 Å². The Morgan fingerprint density at radius 1 is 0.973 bits per heavy atom. The number of ether oxygens (including phenoxy) is 3. The van der Waals surface area contributed by atoms with Gasteiger partial charge in [0.1, 0.15) is 10.6 Å². The van der Waals surface area contributed by atoms with Gasteiger partial charge in [-0.15, -0.1) is 0 Å². The highest BCUT2D eigenvalue weighted by Gasteiger charge is 2.36. The van der Waals surface area contributed by atoms with Crippen LogP contribution in [0.15, 0.2) is 59.5 Å². The lowest BCUT2D eigenvalue weighted by atomic mass is 9.83. The average Bonchev–Trinajstić information content (AvgIpc) is 2.92. The predicted molar refractivity (Wildman–Crippen MR) is 137 cm³/mol. The SMILES string of the molecule is COC(=O)Nc1cc2c(cc1OC)C1Cc3ccc(OC)c(OS(=O)(=O)c4ccccc4)c3CN1CC2. The molecule has 0 aliphatic carbocycles. The molecule has 37 heavy (non-hydrogen) atoms. The molecule has 10 heteroatoms. The molecule has 194 valence electrons. The van der Waals surface area contributed by atoms with E-state index in [1.807, 2.05) is 18.2 Å². The van der Waals surface area contributed by atoms with Crippen molar-refractivity contribution in [3.63, 3.8) is 0 Å². The fourth-order valence-corrected chi connectivity index (χ4v) is 6.05. The molecule has 2 aliphatic heterocycles. The van der Waals surface area contributed by atoms with Crippen LogP contribution >= 0.6 is 0 Å². The van der Waals surface area contributed by atoms with Crippen molar-refractivity contribution in [2.45, 2.75) is 30.3 Å². The average molecular weight is 525 g/mol. The Labute approximate surface area is 216 Å². The Kier molecular flexibility index (Phi) is 6.70. The highest BCUT2D eigenvalue weighted by molar-refractivity contribution is 7.87. The molecule has 9 nitrogen and oxygen atoms in total. The molecule has 0 radical (unpaired) electrons. The van der Waals surface area contributed by atoms with E-state index in [1.165, 1.54) is 26.4 Å². The molecule has 0 fully saturated rings. The largest absolute Gasteiger partial charge is 0.495 e. The molecule has 2 aliphatic rings. The lowest BCUT2D eigenvalue weighted by Gasteiger charge is -2.42. The normalized spacial score (nSPS) is 16.6. The lowest BCUT2D eigenvalue weighted by molar-refractivity contribution is 0.159. The van der Waals surface area contributed by atoms with Crippen LogP contribution in [0.2, 0.25) is 0 Å². The van der Waals surface area contributed by atoms with Crippen molar-refractivity contribution in [2.24, 2.45) is 0 Å². The second-order valence-corrected chi connectivity index (χ2v) is 10.4. The van der Waals surface area contributed by atoms with Gasteiger partial charge in [0.15, 0.2) is 11.5 Å². The molecule has 0 spiro atoms. The summed E-state index contributed by atoms with van der Waals surface area (Å²) in [6.45, 7) is 1.25. The quantitative estimate of drug-likeness (QED) is 0.476. The van der Waals surface area contributed by atoms with Crippen molar-refractivity contribution in [3.8, 4) is 17.2 Å². The van der Waals surface area contributed by atoms with E-state index < -0.39 is 16.2 Å². The molecule has 0 saturated heterocycles. The third-order valence-electron chi connectivity index (χ3n) is 6.89. The van der Waals surface area contributed by atoms with Crippen LogP contribution in [0.3, 0.4) is 0 Å². The number of methoxy groups -OCH3 is 3. The number of fused-ring (bicyclic) bond motifs is 4. The minimum Gasteiger partial charge on any atom is -0.495 e. The van der Waals surface area contributed by atoms with Gasteiger partial charge in [-0.1, -0.05) is 24.3 Å². The van der Waals surface area contributed by atoms with Crippen molar-refractivity contribution >= 4 is 21.9 Å². The molecule has 1 unspecified atom stereocenters. The van der Waals surface area contributed by atoms with Gasteiger partial charge in [-0.2, -0.15) is 8.42 Å². The number of nitrogens with zero attached hydrogens (tertiary/aromatic N) is 1. The second-order valence-electron chi connectivity index (χ2n) is 8.89. The van der Waals surface area contributed by atoms with Crippen molar-refractivity contribution in [1.82, 2.24) is 4.90 Å². The van der Waals surface area contributed by atoms with E-state index in [0.29, 0.717) is 30.2 Å². The van der Waals surface area contributed by atoms with E-state index in [9.17, 15) is 13.2 Å². The minimum absolute atomic E-state index is 0.0595. The van der Waals surface area contributed by atoms with E-state index in [-0.39, 0.29) is 16.7 Å². The summed E-state index contributed by atoms with van der Waals surface area (Å²) in [4.78, 5) is 14.2. The highest BCUT2D eigenvalue weighted by atomic mass is 32.2. The van der Waals surface area contributed by atoms with E-state index in [2.05, 4.69) is 10.2 Å². The number of carbonyl (C=O) groups excluding carboxylic acids is 1. The first-order valence-corrected chi connectivity index (χ1v) is 13.2. The van der Waals surface area contributed by atoms with Crippen molar-refractivity contribution < 1.29 is 31.6 Å². The maximum absolute atomic E-state index is 13.1. The number of amides is 1. The smallest absolute Gasteiger partial charge is 0.411 e. The fraction of sp³-hybridized carbons (Fsp3) is 0.296. The monoisotopic (exact) mass is 524 g/mol. The topological polar surface area (TPSA) is 103 Å². The number of benzene rings is 3. The summed E-state index contributed by atoms with van der Waals surface area (Å²) in [5.41, 5.74) is 4.58. The first-order valence-electron chi connectivity index (χ1n) is 11.8. The van der Waals surface area contributed by atoms with Gasteiger partial charge >= 0.3 is 16.2 Å². The van der Waals surface area contributed by atoms with Crippen LogP contribution in [0, 0.1) is 0 Å². The summed E-state index contributed by atoms with van der Waals surface area (Å²) in [5, 5.41) is 2.72. The van der Waals surface area contributed by atoms with Crippen LogP contribution in [0.4, 0.5) is 10.5 Å². The third kappa shape index (κ3) is 4.70. The van der Waals surface area contributed by atoms with Gasteiger partial charge in [0, 0.05) is 24.7 Å². The van der Waals surface area contributed by atoms with Crippen molar-refractivity contribution in [1.29, 1.82) is 0 Å². The zero-order chi connectivity index (χ0) is 26.2. The number of hydrogen-bond donors (Lipinski definition) is 1. The summed E-state index contributed by atoms with van der Waals surface area (Å²) in [7, 11) is 0.330. The molecule has 3 aromatic rings. The van der Waals surface area contributed by atoms with Gasteiger partial charge in [-0.3, -0.25) is 10.2 Å². The molecular weight excluding hydrogens is 496 g/mol. The van der Waals surface area contributed by atoms with E-state index in [4.69, 9.17) is 18.4 Å². The van der Waals surface area contributed by atoms with Crippen molar-refractivity contribution in [2.75, 3.05) is 33.2 Å². The summed E-state index contributed by atoms with van der Waals surface area (Å²) in [6, 6.07) is 15.7. The van der Waals surface area contributed by atoms with E-state index in [1.54, 1.807) is 31.4 Å². The number of nitrogens with one attached hydrogen (secondary N) is 1. The Morgan fingerprint density at radius 3 is 2.43 bits per heavy atom. The van der Waals surface area contributed by atoms with E-state index >= 15 is 0 Å². The van der Waals surface area contributed by atoms with Gasteiger partial charge in [-0.25, -0.2) is 4.79 Å². The number of rotatable bonds is 6. The number of carbonyl (C=O) groups is 1. The molecule has 1 amide bonds. The van der Waals surface area contributed by atoms with Crippen LogP contribution < -0.4 is 19.0 Å². The van der Waals surface area contributed by atoms with Crippen LogP contribution in [-0.4, -0.2) is 47.3 Å². The van der Waals surface area contributed by atoms with E-state index in [0.717, 1.165) is 35.2 Å². The molecule has 1 N–H and O–H groups in total. The molecule has 1 atom stereocenters. The van der Waals surface area contributed by atoms with Gasteiger partial charge in [-0.05, 0) is 59.9 Å². The van der Waals surface area contributed by atoms with Gasteiger partial charge in [0.25, 0.3) is 0 Å². The molecule has 0 bridgehead atoms. The first kappa shape index (κ1) is 24.9. The van der Waals surface area contributed by atoms with Crippen LogP contribution in [-0.2, 0) is 34.2 Å². The van der Waals surface area contributed by atoms with Crippen LogP contribution in [0.25, 0.3) is 0 Å². The molecule has 0 aromatic heterocycles. The van der Waals surface area contributed by atoms with Gasteiger partial charge < -0.3 is 18.4 Å². The summed E-state index contributed by atoms with van der Waals surface area (Å²) in [6.07, 6.45) is 0.846. The first-order chi connectivity index (χ1) is 17.8. The zero-order valence-electron chi connectivity index (χ0n) is 20.8. The molecule has 3 aromatic carbocycles. The number of hydrogen-bond acceptors (Lipinski definition) is 8. The molecular formula is C27H28N2O7S. The summed E-state index contributed by atoms with van der Waals surface area (Å²) in [5.74, 6) is 1.14. The summed E-state index contributed by atoms with van der Waals surface area (Å²) < 4.78 is 47.6. The molecule has 2 heterocycles.